The first kappa shape index (κ1) is 17.8. The average molecular weight is 360 g/mol. The van der Waals surface area contributed by atoms with E-state index in [0.29, 0.717) is 31.1 Å². The predicted molar refractivity (Wildman–Crippen MR) is 98.1 cm³/mol. The van der Waals surface area contributed by atoms with E-state index in [1.165, 1.54) is 0 Å². The maximum absolute atomic E-state index is 12.9. The van der Waals surface area contributed by atoms with Crippen molar-refractivity contribution in [1.29, 1.82) is 0 Å². The monoisotopic (exact) mass is 360 g/mol. The van der Waals surface area contributed by atoms with E-state index in [1.807, 2.05) is 12.1 Å². The van der Waals surface area contributed by atoms with Gasteiger partial charge in [0, 0.05) is 38.6 Å². The number of benzene rings is 1. The van der Waals surface area contributed by atoms with E-state index in [4.69, 9.17) is 0 Å². The number of hydrogen-bond acceptors (Lipinski definition) is 5. The predicted octanol–water partition coefficient (Wildman–Crippen LogP) is 2.29. The van der Waals surface area contributed by atoms with E-state index in [9.17, 15) is 8.42 Å². The fourth-order valence-electron chi connectivity index (χ4n) is 2.89. The number of sulfonamides is 1. The molecule has 0 saturated carbocycles. The lowest BCUT2D eigenvalue weighted by Crippen LogP contribution is -2.48. The van der Waals surface area contributed by atoms with Crippen molar-refractivity contribution in [3.8, 4) is 0 Å². The van der Waals surface area contributed by atoms with Gasteiger partial charge in [0.15, 0.2) is 0 Å². The Morgan fingerprint density at radius 3 is 2.12 bits per heavy atom. The van der Waals surface area contributed by atoms with E-state index >= 15 is 0 Å². The molecule has 0 amide bonds. The van der Waals surface area contributed by atoms with Gasteiger partial charge in [-0.25, -0.2) is 13.4 Å². The molecule has 0 N–H and O–H groups in total. The highest BCUT2D eigenvalue weighted by atomic mass is 32.2. The highest BCUT2D eigenvalue weighted by Gasteiger charge is 2.29. The maximum Gasteiger partial charge on any atom is 0.243 e. The standard InChI is InChI=1S/C18H24N4O2S/c1-18(2,3)15-4-6-16(7-5-15)25(23,24)22-12-10-21(11-13-22)17-14-19-8-9-20-17/h4-9,14H,10-13H2,1-3H3. The first-order valence-electron chi connectivity index (χ1n) is 8.40. The van der Waals surface area contributed by atoms with Gasteiger partial charge in [0.2, 0.25) is 10.0 Å². The minimum Gasteiger partial charge on any atom is -0.353 e. The van der Waals surface area contributed by atoms with Crippen LogP contribution >= 0.6 is 0 Å². The van der Waals surface area contributed by atoms with Crippen LogP contribution < -0.4 is 4.90 Å². The van der Waals surface area contributed by atoms with Gasteiger partial charge in [-0.15, -0.1) is 0 Å². The second kappa shape index (κ2) is 6.72. The lowest BCUT2D eigenvalue weighted by atomic mass is 9.87. The molecular weight excluding hydrogens is 336 g/mol. The van der Waals surface area contributed by atoms with Crippen LogP contribution in [0.3, 0.4) is 0 Å². The van der Waals surface area contributed by atoms with Crippen LogP contribution in [0.25, 0.3) is 0 Å². The van der Waals surface area contributed by atoms with Gasteiger partial charge in [0.25, 0.3) is 0 Å². The minimum atomic E-state index is -3.46. The van der Waals surface area contributed by atoms with Gasteiger partial charge in [-0.2, -0.15) is 4.31 Å². The summed E-state index contributed by atoms with van der Waals surface area (Å²) in [6.45, 7) is 8.45. The van der Waals surface area contributed by atoms with Crippen molar-refractivity contribution in [2.24, 2.45) is 0 Å². The second-order valence-electron chi connectivity index (χ2n) is 7.23. The summed E-state index contributed by atoms with van der Waals surface area (Å²) in [6, 6.07) is 7.24. The van der Waals surface area contributed by atoms with Gasteiger partial charge in [0.1, 0.15) is 5.82 Å². The number of anilines is 1. The summed E-state index contributed by atoms with van der Waals surface area (Å²) in [5.74, 6) is 0.786. The molecule has 0 unspecified atom stereocenters. The van der Waals surface area contributed by atoms with Crippen molar-refractivity contribution in [1.82, 2.24) is 14.3 Å². The van der Waals surface area contributed by atoms with Crippen LogP contribution in [0, 0.1) is 0 Å². The number of aromatic nitrogens is 2. The van der Waals surface area contributed by atoms with Gasteiger partial charge >= 0.3 is 0 Å². The average Bonchev–Trinajstić information content (AvgIpc) is 2.62. The van der Waals surface area contributed by atoms with Crippen LogP contribution in [0.2, 0.25) is 0 Å². The molecular formula is C18H24N4O2S. The molecule has 0 spiro atoms. The smallest absolute Gasteiger partial charge is 0.243 e. The number of rotatable bonds is 3. The molecule has 2 aromatic rings. The summed E-state index contributed by atoms with van der Waals surface area (Å²) in [6.07, 6.45) is 4.98. The molecule has 1 aliphatic heterocycles. The van der Waals surface area contributed by atoms with Gasteiger partial charge in [-0.1, -0.05) is 32.9 Å². The summed E-state index contributed by atoms with van der Waals surface area (Å²) in [5, 5.41) is 0. The van der Waals surface area contributed by atoms with Crippen LogP contribution in [-0.2, 0) is 15.4 Å². The Bertz CT molecular complexity index is 806. The Hall–Kier alpha value is -1.99. The molecule has 2 heterocycles. The zero-order valence-corrected chi connectivity index (χ0v) is 15.7. The van der Waals surface area contributed by atoms with Gasteiger partial charge in [-0.3, -0.25) is 4.98 Å². The largest absolute Gasteiger partial charge is 0.353 e. The fraction of sp³-hybridized carbons (Fsp3) is 0.444. The Balaban J connectivity index is 1.72. The van der Waals surface area contributed by atoms with Crippen LogP contribution in [0.15, 0.2) is 47.8 Å². The van der Waals surface area contributed by atoms with Gasteiger partial charge in [-0.05, 0) is 23.1 Å². The first-order chi connectivity index (χ1) is 11.8. The fourth-order valence-corrected chi connectivity index (χ4v) is 4.31. The first-order valence-corrected chi connectivity index (χ1v) is 9.84. The lowest BCUT2D eigenvalue weighted by molar-refractivity contribution is 0.383. The van der Waals surface area contributed by atoms with Crippen molar-refractivity contribution in [2.75, 3.05) is 31.1 Å². The van der Waals surface area contributed by atoms with Crippen LogP contribution in [-0.4, -0.2) is 48.9 Å². The Kier molecular flexibility index (Phi) is 4.79. The molecule has 1 aromatic carbocycles. The van der Waals surface area contributed by atoms with Crippen LogP contribution in [0.1, 0.15) is 26.3 Å². The Morgan fingerprint density at radius 1 is 0.960 bits per heavy atom. The Morgan fingerprint density at radius 2 is 1.60 bits per heavy atom. The molecule has 7 heteroatoms. The van der Waals surface area contributed by atoms with E-state index in [-0.39, 0.29) is 5.41 Å². The van der Waals surface area contributed by atoms with Gasteiger partial charge < -0.3 is 4.90 Å². The molecule has 1 fully saturated rings. The number of hydrogen-bond donors (Lipinski definition) is 0. The van der Waals surface area contributed by atoms with Crippen molar-refractivity contribution >= 4 is 15.8 Å². The summed E-state index contributed by atoms with van der Waals surface area (Å²) >= 11 is 0. The molecule has 3 rings (SSSR count). The highest BCUT2D eigenvalue weighted by Crippen LogP contribution is 2.25. The minimum absolute atomic E-state index is 0.00460. The molecule has 6 nitrogen and oxygen atoms in total. The van der Waals surface area contributed by atoms with E-state index in [0.717, 1.165) is 11.4 Å². The zero-order chi connectivity index (χ0) is 18.1. The molecule has 1 saturated heterocycles. The third-order valence-electron chi connectivity index (χ3n) is 4.47. The highest BCUT2D eigenvalue weighted by molar-refractivity contribution is 7.89. The molecule has 0 atom stereocenters. The summed E-state index contributed by atoms with van der Waals surface area (Å²) in [7, 11) is -3.46. The number of nitrogens with zero attached hydrogens (tertiary/aromatic N) is 4. The summed E-state index contributed by atoms with van der Waals surface area (Å²) in [5.41, 5.74) is 1.13. The van der Waals surface area contributed by atoms with Crippen molar-refractivity contribution in [3.05, 3.63) is 48.4 Å². The van der Waals surface area contributed by atoms with Crippen LogP contribution in [0.5, 0.6) is 0 Å². The Labute approximate surface area is 149 Å². The zero-order valence-electron chi connectivity index (χ0n) is 14.9. The topological polar surface area (TPSA) is 66.4 Å². The van der Waals surface area contributed by atoms with Crippen LogP contribution in [0.4, 0.5) is 5.82 Å². The molecule has 1 aliphatic rings. The van der Waals surface area contributed by atoms with E-state index in [1.54, 1.807) is 35.0 Å². The van der Waals surface area contributed by atoms with Gasteiger partial charge in [0.05, 0.1) is 11.1 Å². The van der Waals surface area contributed by atoms with Crippen molar-refractivity contribution < 1.29 is 8.42 Å². The molecule has 1 aromatic heterocycles. The summed E-state index contributed by atoms with van der Waals surface area (Å²) in [4.78, 5) is 10.8. The van der Waals surface area contributed by atoms with E-state index < -0.39 is 10.0 Å². The van der Waals surface area contributed by atoms with Crippen molar-refractivity contribution in [3.63, 3.8) is 0 Å². The maximum atomic E-state index is 12.9. The normalized spacial score (nSPS) is 16.8. The SMILES string of the molecule is CC(C)(C)c1ccc(S(=O)(=O)N2CCN(c3cnccn3)CC2)cc1. The second-order valence-corrected chi connectivity index (χ2v) is 9.17. The number of piperazine rings is 1. The molecule has 25 heavy (non-hydrogen) atoms. The molecule has 0 aliphatic carbocycles. The third kappa shape index (κ3) is 3.82. The molecule has 0 radical (unpaired) electrons. The molecule has 0 bridgehead atoms. The molecule has 134 valence electrons. The third-order valence-corrected chi connectivity index (χ3v) is 6.38. The lowest BCUT2D eigenvalue weighted by Gasteiger charge is -2.34. The van der Waals surface area contributed by atoms with Crippen molar-refractivity contribution in [2.45, 2.75) is 31.1 Å². The summed E-state index contributed by atoms with van der Waals surface area (Å²) < 4.78 is 27.3. The van der Waals surface area contributed by atoms with E-state index in [2.05, 4.69) is 35.6 Å². The quantitative estimate of drug-likeness (QED) is 0.840.